The third-order valence-corrected chi connectivity index (χ3v) is 5.92. The van der Waals surface area contributed by atoms with Gasteiger partial charge in [-0.05, 0) is 47.3 Å². The molecule has 2 atom stereocenters. The van der Waals surface area contributed by atoms with E-state index in [2.05, 4.69) is 48.1 Å². The zero-order valence-electron chi connectivity index (χ0n) is 15.5. The normalized spacial score (nSPS) is 21.6. The monoisotopic (exact) mass is 350 g/mol. The first kappa shape index (κ1) is 17.0. The summed E-state index contributed by atoms with van der Waals surface area (Å²) in [7, 11) is 0. The molecule has 1 aliphatic heterocycles. The predicted octanol–water partition coefficient (Wildman–Crippen LogP) is 3.26. The molecule has 136 valence electrons. The lowest BCUT2D eigenvalue weighted by Crippen LogP contribution is -2.37. The van der Waals surface area contributed by atoms with Gasteiger partial charge in [0.2, 0.25) is 11.9 Å². The molecule has 2 N–H and O–H groups in total. The fourth-order valence-electron chi connectivity index (χ4n) is 4.48. The van der Waals surface area contributed by atoms with Crippen LogP contribution in [-0.2, 0) is 17.8 Å². The van der Waals surface area contributed by atoms with E-state index in [0.29, 0.717) is 30.7 Å². The molecule has 2 aromatic rings. The van der Waals surface area contributed by atoms with E-state index in [1.165, 1.54) is 11.1 Å². The smallest absolute Gasteiger partial charge is 0.223 e. The van der Waals surface area contributed by atoms with Crippen molar-refractivity contribution >= 4 is 11.9 Å². The molecule has 1 amide bonds. The van der Waals surface area contributed by atoms with Gasteiger partial charge in [-0.15, -0.1) is 0 Å². The van der Waals surface area contributed by atoms with Gasteiger partial charge in [-0.25, -0.2) is 9.97 Å². The van der Waals surface area contributed by atoms with E-state index in [0.717, 1.165) is 30.6 Å². The number of carbonyl (C=O) groups is 1. The van der Waals surface area contributed by atoms with Gasteiger partial charge in [0.25, 0.3) is 0 Å². The van der Waals surface area contributed by atoms with Crippen molar-refractivity contribution in [3.8, 4) is 0 Å². The van der Waals surface area contributed by atoms with Gasteiger partial charge in [-0.3, -0.25) is 4.79 Å². The van der Waals surface area contributed by atoms with Gasteiger partial charge in [0.1, 0.15) is 0 Å². The molecule has 2 heterocycles. The number of nitrogen functional groups attached to an aromatic ring is 1. The third kappa shape index (κ3) is 3.06. The fraction of sp³-hybridized carbons (Fsp3) is 0.476. The lowest BCUT2D eigenvalue weighted by molar-refractivity contribution is -0.132. The Labute approximate surface area is 154 Å². The molecule has 1 aliphatic carbocycles. The van der Waals surface area contributed by atoms with Gasteiger partial charge in [0.15, 0.2) is 0 Å². The molecule has 5 nitrogen and oxygen atoms in total. The predicted molar refractivity (Wildman–Crippen MR) is 102 cm³/mol. The van der Waals surface area contributed by atoms with Crippen LogP contribution in [0.2, 0.25) is 0 Å². The first-order valence-corrected chi connectivity index (χ1v) is 9.49. The highest BCUT2D eigenvalue weighted by Gasteiger charge is 2.34. The summed E-state index contributed by atoms with van der Waals surface area (Å²) < 4.78 is 0. The Bertz CT molecular complexity index is 833. The van der Waals surface area contributed by atoms with Crippen molar-refractivity contribution < 1.29 is 4.79 Å². The molecule has 1 aromatic heterocycles. The topological polar surface area (TPSA) is 72.1 Å². The largest absolute Gasteiger partial charge is 0.368 e. The molecule has 0 fully saturated rings. The molecule has 26 heavy (non-hydrogen) atoms. The van der Waals surface area contributed by atoms with Crippen LogP contribution in [0.1, 0.15) is 60.9 Å². The van der Waals surface area contributed by atoms with Gasteiger partial charge in [0.05, 0.1) is 12.2 Å². The maximum Gasteiger partial charge on any atom is 0.223 e. The Hall–Kier alpha value is -2.43. The lowest BCUT2D eigenvalue weighted by Gasteiger charge is -2.29. The summed E-state index contributed by atoms with van der Waals surface area (Å²) >= 11 is 0. The quantitative estimate of drug-likeness (QED) is 0.922. The highest BCUT2D eigenvalue weighted by atomic mass is 16.2. The van der Waals surface area contributed by atoms with E-state index < -0.39 is 0 Å². The van der Waals surface area contributed by atoms with E-state index >= 15 is 0 Å². The van der Waals surface area contributed by atoms with Crippen LogP contribution in [0.3, 0.4) is 0 Å². The summed E-state index contributed by atoms with van der Waals surface area (Å²) in [5, 5.41) is 0. The first-order chi connectivity index (χ1) is 12.5. The van der Waals surface area contributed by atoms with Crippen molar-refractivity contribution in [3.05, 3.63) is 52.8 Å². The second-order valence-electron chi connectivity index (χ2n) is 7.88. The van der Waals surface area contributed by atoms with E-state index in [4.69, 9.17) is 5.73 Å². The van der Waals surface area contributed by atoms with Crippen molar-refractivity contribution in [1.82, 2.24) is 14.9 Å². The number of nitrogens with zero attached hydrogens (tertiary/aromatic N) is 3. The summed E-state index contributed by atoms with van der Waals surface area (Å²) in [6.45, 7) is 5.83. The zero-order valence-corrected chi connectivity index (χ0v) is 15.5. The number of aromatic nitrogens is 2. The Morgan fingerprint density at radius 1 is 1.31 bits per heavy atom. The molecule has 0 spiro atoms. The number of anilines is 1. The number of amides is 1. The molecule has 0 saturated carbocycles. The van der Waals surface area contributed by atoms with E-state index in [9.17, 15) is 4.79 Å². The third-order valence-electron chi connectivity index (χ3n) is 5.92. The molecule has 0 bridgehead atoms. The SMILES string of the molecule is CC(C)[C@@H]1C[C@H](CC(=O)N2CCc3cnc(N)nc3C2)c2ccccc21. The van der Waals surface area contributed by atoms with Crippen molar-refractivity contribution in [2.45, 2.75) is 51.5 Å². The van der Waals surface area contributed by atoms with Crippen LogP contribution in [0.25, 0.3) is 0 Å². The highest BCUT2D eigenvalue weighted by Crippen LogP contribution is 2.46. The van der Waals surface area contributed by atoms with Crippen molar-refractivity contribution in [3.63, 3.8) is 0 Å². The van der Waals surface area contributed by atoms with Crippen molar-refractivity contribution in [2.24, 2.45) is 5.92 Å². The number of nitrogens with two attached hydrogens (primary N) is 1. The average molecular weight is 350 g/mol. The van der Waals surface area contributed by atoms with Gasteiger partial charge in [0, 0.05) is 19.2 Å². The summed E-state index contributed by atoms with van der Waals surface area (Å²) in [4.78, 5) is 23.3. The molecule has 0 radical (unpaired) electrons. The Morgan fingerprint density at radius 2 is 2.08 bits per heavy atom. The van der Waals surface area contributed by atoms with Gasteiger partial charge >= 0.3 is 0 Å². The molecule has 0 saturated heterocycles. The van der Waals surface area contributed by atoms with Crippen LogP contribution in [0.5, 0.6) is 0 Å². The first-order valence-electron chi connectivity index (χ1n) is 9.49. The van der Waals surface area contributed by atoms with Crippen molar-refractivity contribution in [2.75, 3.05) is 12.3 Å². The Kier molecular flexibility index (Phi) is 4.39. The minimum Gasteiger partial charge on any atom is -0.368 e. The lowest BCUT2D eigenvalue weighted by atomic mass is 9.89. The van der Waals surface area contributed by atoms with E-state index in [1.807, 2.05) is 4.90 Å². The number of rotatable bonds is 3. The second kappa shape index (κ2) is 6.71. The van der Waals surface area contributed by atoms with E-state index in [1.54, 1.807) is 6.20 Å². The number of hydrogen-bond acceptors (Lipinski definition) is 4. The Morgan fingerprint density at radius 3 is 2.85 bits per heavy atom. The summed E-state index contributed by atoms with van der Waals surface area (Å²) in [5.41, 5.74) is 10.5. The maximum absolute atomic E-state index is 13.0. The van der Waals surface area contributed by atoms with Crippen LogP contribution < -0.4 is 5.73 Å². The molecule has 1 aromatic carbocycles. The number of benzene rings is 1. The molecule has 2 aliphatic rings. The summed E-state index contributed by atoms with van der Waals surface area (Å²) in [6.07, 6.45) is 4.25. The molecule has 4 rings (SSSR count). The van der Waals surface area contributed by atoms with Crippen molar-refractivity contribution in [1.29, 1.82) is 0 Å². The minimum absolute atomic E-state index is 0.219. The Balaban J connectivity index is 1.49. The van der Waals surface area contributed by atoms with Gasteiger partial charge in [-0.1, -0.05) is 38.1 Å². The van der Waals surface area contributed by atoms with Gasteiger partial charge in [-0.2, -0.15) is 0 Å². The minimum atomic E-state index is 0.219. The molecule has 0 unspecified atom stereocenters. The number of hydrogen-bond donors (Lipinski definition) is 1. The number of carbonyl (C=O) groups excluding carboxylic acids is 1. The molecular weight excluding hydrogens is 324 g/mol. The zero-order chi connectivity index (χ0) is 18.3. The van der Waals surface area contributed by atoms with Crippen LogP contribution in [0, 0.1) is 5.92 Å². The maximum atomic E-state index is 13.0. The van der Waals surface area contributed by atoms with E-state index in [-0.39, 0.29) is 11.9 Å². The standard InChI is InChI=1S/C21H26N4O/c1-13(2)18-9-15(16-5-3-4-6-17(16)18)10-20(26)25-8-7-14-11-23-21(22)24-19(14)12-25/h3-6,11,13,15,18H,7-10,12H2,1-2H3,(H2,22,23,24)/t15-,18+/m1/s1. The molecular formula is C21H26N4O. The summed E-state index contributed by atoms with van der Waals surface area (Å²) in [5.74, 6) is 1.97. The fourth-order valence-corrected chi connectivity index (χ4v) is 4.48. The second-order valence-corrected chi connectivity index (χ2v) is 7.88. The van der Waals surface area contributed by atoms with Crippen LogP contribution >= 0.6 is 0 Å². The van der Waals surface area contributed by atoms with Crippen LogP contribution in [0.4, 0.5) is 5.95 Å². The van der Waals surface area contributed by atoms with Crippen LogP contribution in [0.15, 0.2) is 30.5 Å². The highest BCUT2D eigenvalue weighted by molar-refractivity contribution is 5.77. The van der Waals surface area contributed by atoms with Gasteiger partial charge < -0.3 is 10.6 Å². The van der Waals surface area contributed by atoms with Crippen LogP contribution in [-0.4, -0.2) is 27.3 Å². The molecule has 5 heteroatoms. The number of fused-ring (bicyclic) bond motifs is 2. The summed E-state index contributed by atoms with van der Waals surface area (Å²) in [6, 6.07) is 8.65. The average Bonchev–Trinajstić information content (AvgIpc) is 3.00.